The molecule has 1 heterocycles. The van der Waals surface area contributed by atoms with Crippen LogP contribution < -0.4 is 5.32 Å². The molecule has 1 fully saturated rings. The van der Waals surface area contributed by atoms with Gasteiger partial charge in [0, 0.05) is 19.5 Å². The van der Waals surface area contributed by atoms with E-state index in [0.29, 0.717) is 25.9 Å². The Bertz CT molecular complexity index is 583. The fraction of sp³-hybridized carbons (Fsp3) is 0.500. The molecule has 2 amide bonds. The summed E-state index contributed by atoms with van der Waals surface area (Å²) in [5.74, 6) is -1.03. The molecule has 6 nitrogen and oxygen atoms in total. The van der Waals surface area contributed by atoms with Gasteiger partial charge in [-0.1, -0.05) is 25.0 Å². The van der Waals surface area contributed by atoms with Gasteiger partial charge in [-0.2, -0.15) is 0 Å². The van der Waals surface area contributed by atoms with Crippen LogP contribution in [-0.2, 0) is 16.0 Å². The van der Waals surface area contributed by atoms with Crippen molar-refractivity contribution in [3.05, 3.63) is 35.4 Å². The Labute approximate surface area is 141 Å². The molecule has 0 atom stereocenters. The van der Waals surface area contributed by atoms with E-state index in [4.69, 9.17) is 5.11 Å². The molecule has 0 radical (unpaired) electrons. The number of carboxylic acids is 1. The van der Waals surface area contributed by atoms with Crippen molar-refractivity contribution in [1.29, 1.82) is 0 Å². The predicted octanol–water partition coefficient (Wildman–Crippen LogP) is 1.84. The van der Waals surface area contributed by atoms with Gasteiger partial charge in [0.05, 0.1) is 12.1 Å². The zero-order chi connectivity index (χ0) is 17.4. The second kappa shape index (κ2) is 9.05. The number of rotatable bonds is 6. The Morgan fingerprint density at radius 3 is 2.50 bits per heavy atom. The third-order valence-electron chi connectivity index (χ3n) is 4.19. The van der Waals surface area contributed by atoms with Crippen LogP contribution in [-0.4, -0.2) is 47.4 Å². The number of nitrogens with one attached hydrogen (secondary N) is 1. The summed E-state index contributed by atoms with van der Waals surface area (Å²) in [6, 6.07) is 6.60. The van der Waals surface area contributed by atoms with Crippen LogP contribution in [0.1, 0.15) is 48.0 Å². The molecule has 0 aliphatic carbocycles. The average Bonchev–Trinajstić information content (AvgIpc) is 2.55. The Morgan fingerprint density at radius 2 is 1.79 bits per heavy atom. The Balaban J connectivity index is 1.74. The third-order valence-corrected chi connectivity index (χ3v) is 4.19. The number of nitrogens with zero attached hydrogens (tertiary/aromatic N) is 1. The van der Waals surface area contributed by atoms with Crippen LogP contribution in [0.4, 0.5) is 0 Å². The van der Waals surface area contributed by atoms with Gasteiger partial charge in [0.15, 0.2) is 0 Å². The molecule has 0 bridgehead atoms. The Hall–Kier alpha value is -2.37. The van der Waals surface area contributed by atoms with Crippen LogP contribution in [0.5, 0.6) is 0 Å². The second-order valence-electron chi connectivity index (χ2n) is 6.08. The van der Waals surface area contributed by atoms with Gasteiger partial charge in [0.25, 0.3) is 0 Å². The van der Waals surface area contributed by atoms with Gasteiger partial charge in [-0.15, -0.1) is 0 Å². The first-order valence-corrected chi connectivity index (χ1v) is 8.43. The molecule has 1 aliphatic heterocycles. The molecule has 1 aromatic carbocycles. The highest BCUT2D eigenvalue weighted by molar-refractivity contribution is 5.87. The molecular formula is C18H24N2O4. The zero-order valence-corrected chi connectivity index (χ0v) is 13.8. The normalized spacial score (nSPS) is 15.5. The quantitative estimate of drug-likeness (QED) is 0.832. The number of hydrogen-bond acceptors (Lipinski definition) is 3. The SMILES string of the molecule is O=C(CN1CCCCCCC1=O)NCCc1ccc(C(=O)O)cc1. The minimum absolute atomic E-state index is 0.0640. The monoisotopic (exact) mass is 332 g/mol. The molecule has 130 valence electrons. The molecule has 1 saturated heterocycles. The van der Waals surface area contributed by atoms with Crippen molar-refractivity contribution in [1.82, 2.24) is 10.2 Å². The highest BCUT2D eigenvalue weighted by Crippen LogP contribution is 2.11. The van der Waals surface area contributed by atoms with Gasteiger partial charge in [0.2, 0.25) is 11.8 Å². The topological polar surface area (TPSA) is 86.7 Å². The standard InChI is InChI=1S/C18H24N2O4/c21-16(13-20-12-4-2-1-3-5-17(20)22)19-11-10-14-6-8-15(9-7-14)18(23)24/h6-9H,1-5,10-13H2,(H,19,21)(H,23,24). The first kappa shape index (κ1) is 18.0. The second-order valence-corrected chi connectivity index (χ2v) is 6.08. The average molecular weight is 332 g/mol. The summed E-state index contributed by atoms with van der Waals surface area (Å²) in [5.41, 5.74) is 1.21. The summed E-state index contributed by atoms with van der Waals surface area (Å²) in [5, 5.41) is 11.7. The lowest BCUT2D eigenvalue weighted by atomic mass is 10.1. The lowest BCUT2D eigenvalue weighted by molar-refractivity contribution is -0.136. The molecule has 2 N–H and O–H groups in total. The van der Waals surface area contributed by atoms with Gasteiger partial charge in [-0.05, 0) is 37.0 Å². The molecule has 6 heteroatoms. The highest BCUT2D eigenvalue weighted by Gasteiger charge is 2.18. The lowest BCUT2D eigenvalue weighted by Gasteiger charge is -2.24. The molecule has 2 rings (SSSR count). The van der Waals surface area contributed by atoms with E-state index >= 15 is 0 Å². The minimum Gasteiger partial charge on any atom is -0.478 e. The number of benzene rings is 1. The summed E-state index contributed by atoms with van der Waals surface area (Å²) in [4.78, 5) is 36.4. The summed E-state index contributed by atoms with van der Waals surface area (Å²) in [6.45, 7) is 1.24. The smallest absolute Gasteiger partial charge is 0.335 e. The number of aromatic carboxylic acids is 1. The molecule has 24 heavy (non-hydrogen) atoms. The molecule has 1 aromatic rings. The molecule has 0 spiro atoms. The molecule has 1 aliphatic rings. The highest BCUT2D eigenvalue weighted by atomic mass is 16.4. The van der Waals surface area contributed by atoms with E-state index in [1.165, 1.54) is 0 Å². The number of carbonyl (C=O) groups is 3. The van der Waals surface area contributed by atoms with E-state index in [1.807, 2.05) is 0 Å². The van der Waals surface area contributed by atoms with Crippen molar-refractivity contribution in [2.45, 2.75) is 38.5 Å². The summed E-state index contributed by atoms with van der Waals surface area (Å²) < 4.78 is 0. The zero-order valence-electron chi connectivity index (χ0n) is 13.8. The molecular weight excluding hydrogens is 308 g/mol. The maximum atomic E-state index is 12.0. The Kier molecular flexibility index (Phi) is 6.78. The van der Waals surface area contributed by atoms with Crippen LogP contribution in [0.2, 0.25) is 0 Å². The van der Waals surface area contributed by atoms with E-state index in [2.05, 4.69) is 5.32 Å². The van der Waals surface area contributed by atoms with Crippen LogP contribution in [0.3, 0.4) is 0 Å². The van der Waals surface area contributed by atoms with Crippen molar-refractivity contribution in [3.63, 3.8) is 0 Å². The van der Waals surface area contributed by atoms with Crippen LogP contribution in [0, 0.1) is 0 Å². The van der Waals surface area contributed by atoms with Crippen LogP contribution in [0.15, 0.2) is 24.3 Å². The number of carbonyl (C=O) groups excluding carboxylic acids is 2. The number of carboxylic acid groups (broad SMARTS) is 1. The van der Waals surface area contributed by atoms with Crippen molar-refractivity contribution in [2.75, 3.05) is 19.6 Å². The van der Waals surface area contributed by atoms with Crippen molar-refractivity contribution in [2.24, 2.45) is 0 Å². The predicted molar refractivity (Wildman–Crippen MR) is 89.8 cm³/mol. The van der Waals surface area contributed by atoms with E-state index in [9.17, 15) is 14.4 Å². The maximum Gasteiger partial charge on any atom is 0.335 e. The van der Waals surface area contributed by atoms with Gasteiger partial charge < -0.3 is 15.3 Å². The largest absolute Gasteiger partial charge is 0.478 e. The summed E-state index contributed by atoms with van der Waals surface area (Å²) in [7, 11) is 0. The Morgan fingerprint density at radius 1 is 1.08 bits per heavy atom. The first-order chi connectivity index (χ1) is 11.6. The van der Waals surface area contributed by atoms with Crippen LogP contribution >= 0.6 is 0 Å². The fourth-order valence-electron chi connectivity index (χ4n) is 2.77. The van der Waals surface area contributed by atoms with E-state index in [0.717, 1.165) is 31.2 Å². The molecule has 0 aromatic heterocycles. The first-order valence-electron chi connectivity index (χ1n) is 8.43. The van der Waals surface area contributed by atoms with Gasteiger partial charge in [-0.25, -0.2) is 4.79 Å². The van der Waals surface area contributed by atoms with Gasteiger partial charge >= 0.3 is 5.97 Å². The van der Waals surface area contributed by atoms with E-state index < -0.39 is 5.97 Å². The van der Waals surface area contributed by atoms with Crippen molar-refractivity contribution >= 4 is 17.8 Å². The van der Waals surface area contributed by atoms with Crippen LogP contribution in [0.25, 0.3) is 0 Å². The summed E-state index contributed by atoms with van der Waals surface area (Å²) in [6.07, 6.45) is 5.21. The number of hydrogen-bond donors (Lipinski definition) is 2. The van der Waals surface area contributed by atoms with Gasteiger partial charge in [0.1, 0.15) is 0 Å². The minimum atomic E-state index is -0.951. The summed E-state index contributed by atoms with van der Waals surface area (Å²) >= 11 is 0. The number of amides is 2. The lowest BCUT2D eigenvalue weighted by Crippen LogP contribution is -2.42. The fourth-order valence-corrected chi connectivity index (χ4v) is 2.77. The van der Waals surface area contributed by atoms with Gasteiger partial charge in [-0.3, -0.25) is 9.59 Å². The molecule has 0 saturated carbocycles. The van der Waals surface area contributed by atoms with E-state index in [-0.39, 0.29) is 23.9 Å². The molecule has 0 unspecified atom stereocenters. The van der Waals surface area contributed by atoms with E-state index in [1.54, 1.807) is 29.2 Å². The van der Waals surface area contributed by atoms with Crippen molar-refractivity contribution in [3.8, 4) is 0 Å². The van der Waals surface area contributed by atoms with Crippen molar-refractivity contribution < 1.29 is 19.5 Å². The number of likely N-dealkylation sites (tertiary alicyclic amines) is 1. The third kappa shape index (κ3) is 5.68. The maximum absolute atomic E-state index is 12.0.